The lowest BCUT2D eigenvalue weighted by molar-refractivity contribution is -0.127. The minimum atomic E-state index is -0.590. The van der Waals surface area contributed by atoms with Gasteiger partial charge in [0.25, 0.3) is 5.91 Å². The summed E-state index contributed by atoms with van der Waals surface area (Å²) in [5.41, 5.74) is 1.02. The number of nitrogens with one attached hydrogen (secondary N) is 1. The number of hydrogen-bond acceptors (Lipinski definition) is 4. The number of nitrogens with zero attached hydrogens (tertiary/aromatic N) is 1. The molecule has 5 nitrogen and oxygen atoms in total. The Hall–Kier alpha value is -2.24. The van der Waals surface area contributed by atoms with Crippen LogP contribution in [0.15, 0.2) is 48.5 Å². The van der Waals surface area contributed by atoms with Gasteiger partial charge in [-0.15, -0.1) is 0 Å². The molecule has 3 rings (SSSR count). The molecule has 1 amide bonds. The van der Waals surface area contributed by atoms with Crippen LogP contribution in [-0.2, 0) is 11.3 Å². The van der Waals surface area contributed by atoms with Gasteiger partial charge in [0.05, 0.1) is 0 Å². The van der Waals surface area contributed by atoms with Crippen LogP contribution >= 0.6 is 11.6 Å². The topological polar surface area (TPSA) is 50.8 Å². The Bertz CT molecular complexity index is 756. The van der Waals surface area contributed by atoms with Gasteiger partial charge in [0.1, 0.15) is 17.6 Å². The molecule has 0 saturated carbocycles. The largest absolute Gasteiger partial charge is 0.490 e. The molecule has 0 aliphatic carbocycles. The zero-order valence-electron chi connectivity index (χ0n) is 16.4. The van der Waals surface area contributed by atoms with Crippen molar-refractivity contribution in [3.05, 3.63) is 59.1 Å². The van der Waals surface area contributed by atoms with Crippen molar-refractivity contribution in [3.63, 3.8) is 0 Å². The average Bonchev–Trinajstić information content (AvgIpc) is 2.70. The molecular formula is C22H27ClN2O3. The predicted octanol–water partition coefficient (Wildman–Crippen LogP) is 3.90. The smallest absolute Gasteiger partial charge is 0.261 e. The number of likely N-dealkylation sites (tertiary alicyclic amines) is 1. The Kier molecular flexibility index (Phi) is 7.18. The molecule has 28 heavy (non-hydrogen) atoms. The van der Waals surface area contributed by atoms with Crippen molar-refractivity contribution in [2.24, 2.45) is 0 Å². The fourth-order valence-electron chi connectivity index (χ4n) is 3.08. The number of carbonyl (C=O) groups is 1. The Morgan fingerprint density at radius 1 is 1.11 bits per heavy atom. The van der Waals surface area contributed by atoms with Crippen molar-refractivity contribution in [2.45, 2.75) is 38.5 Å². The molecule has 1 atom stereocenters. The first-order valence-electron chi connectivity index (χ1n) is 9.63. The van der Waals surface area contributed by atoms with Gasteiger partial charge in [0, 0.05) is 24.7 Å². The van der Waals surface area contributed by atoms with Crippen LogP contribution < -0.4 is 14.8 Å². The second-order valence-corrected chi connectivity index (χ2v) is 7.63. The molecule has 0 spiro atoms. The van der Waals surface area contributed by atoms with Gasteiger partial charge < -0.3 is 19.7 Å². The van der Waals surface area contributed by atoms with E-state index in [0.717, 1.165) is 37.2 Å². The molecule has 2 aromatic rings. The molecule has 0 aromatic heterocycles. The maximum Gasteiger partial charge on any atom is 0.261 e. The highest BCUT2D eigenvalue weighted by atomic mass is 35.5. The molecule has 6 heteroatoms. The summed E-state index contributed by atoms with van der Waals surface area (Å²) in [5.74, 6) is 1.33. The lowest BCUT2D eigenvalue weighted by Crippen LogP contribution is -2.36. The average molecular weight is 403 g/mol. The summed E-state index contributed by atoms with van der Waals surface area (Å²) >= 11 is 5.85. The van der Waals surface area contributed by atoms with Crippen LogP contribution in [0.25, 0.3) is 0 Å². The highest BCUT2D eigenvalue weighted by molar-refractivity contribution is 6.30. The van der Waals surface area contributed by atoms with Gasteiger partial charge in [-0.05, 0) is 68.8 Å². The maximum atomic E-state index is 12.3. The Balaban J connectivity index is 1.43. The van der Waals surface area contributed by atoms with E-state index in [0.29, 0.717) is 17.3 Å². The van der Waals surface area contributed by atoms with E-state index in [1.807, 2.05) is 24.3 Å². The highest BCUT2D eigenvalue weighted by Crippen LogP contribution is 2.19. The van der Waals surface area contributed by atoms with Crippen LogP contribution in [0.2, 0.25) is 5.02 Å². The van der Waals surface area contributed by atoms with Crippen molar-refractivity contribution in [3.8, 4) is 11.5 Å². The molecule has 1 aliphatic heterocycles. The minimum absolute atomic E-state index is 0.165. The highest BCUT2D eigenvalue weighted by Gasteiger charge is 2.18. The standard InChI is InChI=1S/C22H27ClN2O3/c1-16(27-19-9-5-18(23)6-10-19)22(26)24-15-17-3-7-20(8-4-17)28-21-11-13-25(2)14-12-21/h3-10,16,21H,11-15H2,1-2H3,(H,24,26)/t16-/m1/s1. The number of rotatable bonds is 7. The van der Waals surface area contributed by atoms with Gasteiger partial charge >= 0.3 is 0 Å². The van der Waals surface area contributed by atoms with Crippen LogP contribution in [-0.4, -0.2) is 43.2 Å². The number of carbonyl (C=O) groups excluding carboxylic acids is 1. The molecule has 1 N–H and O–H groups in total. The molecule has 1 aliphatic rings. The summed E-state index contributed by atoms with van der Waals surface area (Å²) in [6.07, 6.45) is 1.81. The van der Waals surface area contributed by atoms with Gasteiger partial charge in [-0.1, -0.05) is 23.7 Å². The second kappa shape index (κ2) is 9.80. The molecule has 1 fully saturated rings. The molecule has 2 aromatic carbocycles. The summed E-state index contributed by atoms with van der Waals surface area (Å²) in [6, 6.07) is 14.9. The SMILES string of the molecule is C[C@@H](Oc1ccc(Cl)cc1)C(=O)NCc1ccc(OC2CCN(C)CC2)cc1. The van der Waals surface area contributed by atoms with Gasteiger partial charge in [-0.3, -0.25) is 4.79 Å². The summed E-state index contributed by atoms with van der Waals surface area (Å²) in [4.78, 5) is 14.6. The number of piperidine rings is 1. The molecule has 150 valence electrons. The predicted molar refractivity (Wildman–Crippen MR) is 111 cm³/mol. The fraction of sp³-hybridized carbons (Fsp3) is 0.409. The lowest BCUT2D eigenvalue weighted by atomic mass is 10.1. The fourth-order valence-corrected chi connectivity index (χ4v) is 3.21. The maximum absolute atomic E-state index is 12.3. The summed E-state index contributed by atoms with van der Waals surface area (Å²) in [6.45, 7) is 4.32. The third-order valence-electron chi connectivity index (χ3n) is 4.85. The number of ether oxygens (including phenoxy) is 2. The van der Waals surface area contributed by atoms with Crippen molar-refractivity contribution >= 4 is 17.5 Å². The molecule has 1 saturated heterocycles. The molecular weight excluding hydrogens is 376 g/mol. The monoisotopic (exact) mass is 402 g/mol. The van der Waals surface area contributed by atoms with E-state index in [1.54, 1.807) is 31.2 Å². The minimum Gasteiger partial charge on any atom is -0.490 e. The van der Waals surface area contributed by atoms with Crippen LogP contribution in [0.5, 0.6) is 11.5 Å². The number of halogens is 1. The van der Waals surface area contributed by atoms with Crippen LogP contribution in [0.4, 0.5) is 0 Å². The van der Waals surface area contributed by atoms with Crippen LogP contribution in [0, 0.1) is 0 Å². The van der Waals surface area contributed by atoms with Gasteiger partial charge in [-0.25, -0.2) is 0 Å². The number of amides is 1. The van der Waals surface area contributed by atoms with Crippen LogP contribution in [0.3, 0.4) is 0 Å². The van der Waals surface area contributed by atoms with E-state index in [-0.39, 0.29) is 12.0 Å². The molecule has 1 heterocycles. The third-order valence-corrected chi connectivity index (χ3v) is 5.11. The second-order valence-electron chi connectivity index (χ2n) is 7.20. The zero-order chi connectivity index (χ0) is 19.9. The van der Waals surface area contributed by atoms with E-state index in [2.05, 4.69) is 17.3 Å². The third kappa shape index (κ3) is 6.14. The molecule has 0 unspecified atom stereocenters. The first-order chi connectivity index (χ1) is 13.5. The Labute approximate surface area is 171 Å². The van der Waals surface area contributed by atoms with E-state index >= 15 is 0 Å². The summed E-state index contributed by atoms with van der Waals surface area (Å²) in [5, 5.41) is 3.53. The molecule has 0 bridgehead atoms. The summed E-state index contributed by atoms with van der Waals surface area (Å²) < 4.78 is 11.7. The Morgan fingerprint density at radius 2 is 1.71 bits per heavy atom. The molecule has 0 radical (unpaired) electrons. The Morgan fingerprint density at radius 3 is 2.36 bits per heavy atom. The number of benzene rings is 2. The zero-order valence-corrected chi connectivity index (χ0v) is 17.1. The van der Waals surface area contributed by atoms with E-state index in [9.17, 15) is 4.79 Å². The van der Waals surface area contributed by atoms with E-state index in [4.69, 9.17) is 21.1 Å². The van der Waals surface area contributed by atoms with E-state index in [1.165, 1.54) is 0 Å². The van der Waals surface area contributed by atoms with E-state index < -0.39 is 6.10 Å². The van der Waals surface area contributed by atoms with Crippen molar-refractivity contribution < 1.29 is 14.3 Å². The van der Waals surface area contributed by atoms with Crippen LogP contribution in [0.1, 0.15) is 25.3 Å². The van der Waals surface area contributed by atoms with Gasteiger partial charge in [0.15, 0.2) is 6.10 Å². The van der Waals surface area contributed by atoms with Crippen molar-refractivity contribution in [2.75, 3.05) is 20.1 Å². The number of hydrogen-bond donors (Lipinski definition) is 1. The quantitative estimate of drug-likeness (QED) is 0.763. The summed E-state index contributed by atoms with van der Waals surface area (Å²) in [7, 11) is 2.14. The normalized spacial score (nSPS) is 16.4. The van der Waals surface area contributed by atoms with Gasteiger partial charge in [-0.2, -0.15) is 0 Å². The lowest BCUT2D eigenvalue weighted by Gasteiger charge is -2.29. The first-order valence-corrected chi connectivity index (χ1v) is 10.0. The van der Waals surface area contributed by atoms with Gasteiger partial charge in [0.2, 0.25) is 0 Å². The first kappa shape index (κ1) is 20.5. The van der Waals surface area contributed by atoms with Crippen molar-refractivity contribution in [1.82, 2.24) is 10.2 Å². The van der Waals surface area contributed by atoms with Crippen molar-refractivity contribution in [1.29, 1.82) is 0 Å².